The summed E-state index contributed by atoms with van der Waals surface area (Å²) in [5, 5.41) is 27.1. The SMILES string of the molecule is CC(C)[C@H](NC(=O)CCCC(=O)O)C1=NOC(C)(C(=O)N[C@@H](CC(=O)O)C(=O)COC(=O)c2c(Cl)cccc2Cl)C1. The number of hydrogen-bond acceptors (Lipinski definition) is 9. The van der Waals surface area contributed by atoms with Gasteiger partial charge in [-0.25, -0.2) is 4.79 Å². The highest BCUT2D eigenvalue weighted by atomic mass is 35.5. The van der Waals surface area contributed by atoms with Crippen molar-refractivity contribution in [2.75, 3.05) is 6.61 Å². The molecule has 1 unspecified atom stereocenters. The number of aliphatic carboxylic acids is 2. The van der Waals surface area contributed by atoms with E-state index in [2.05, 4.69) is 15.8 Å². The number of hydrogen-bond donors (Lipinski definition) is 4. The quantitative estimate of drug-likeness (QED) is 0.213. The molecule has 0 spiro atoms. The average molecular weight is 616 g/mol. The van der Waals surface area contributed by atoms with E-state index in [0.717, 1.165) is 0 Å². The van der Waals surface area contributed by atoms with Gasteiger partial charge in [-0.2, -0.15) is 0 Å². The van der Waals surface area contributed by atoms with Gasteiger partial charge in [-0.05, 0) is 31.4 Å². The van der Waals surface area contributed by atoms with E-state index < -0.39 is 66.2 Å². The number of carboxylic acid groups (broad SMARTS) is 2. The molecule has 1 heterocycles. The maximum atomic E-state index is 13.1. The van der Waals surface area contributed by atoms with Gasteiger partial charge in [0.05, 0.1) is 33.8 Å². The lowest BCUT2D eigenvalue weighted by molar-refractivity contribution is -0.146. The lowest BCUT2D eigenvalue weighted by Gasteiger charge is -2.25. The van der Waals surface area contributed by atoms with Crippen LogP contribution in [0.2, 0.25) is 10.0 Å². The number of nitrogens with zero attached hydrogens (tertiary/aromatic N) is 1. The van der Waals surface area contributed by atoms with Crippen molar-refractivity contribution in [3.8, 4) is 0 Å². The third kappa shape index (κ3) is 9.71. The van der Waals surface area contributed by atoms with Gasteiger partial charge >= 0.3 is 17.9 Å². The number of carboxylic acids is 2. The van der Waals surface area contributed by atoms with E-state index in [4.69, 9.17) is 37.9 Å². The number of nitrogens with one attached hydrogen (secondary N) is 2. The van der Waals surface area contributed by atoms with E-state index in [9.17, 15) is 33.9 Å². The first kappa shape index (κ1) is 33.5. The van der Waals surface area contributed by atoms with Crippen LogP contribution >= 0.6 is 23.2 Å². The molecule has 2 amide bonds. The van der Waals surface area contributed by atoms with Crippen LogP contribution in [0.1, 0.15) is 63.2 Å². The molecular weight excluding hydrogens is 585 g/mol. The number of ether oxygens (including phenoxy) is 1. The van der Waals surface area contributed by atoms with Gasteiger partial charge in [-0.15, -0.1) is 0 Å². The predicted octanol–water partition coefficient (Wildman–Crippen LogP) is 2.61. The van der Waals surface area contributed by atoms with Gasteiger partial charge in [0.25, 0.3) is 5.91 Å². The molecule has 1 aromatic rings. The van der Waals surface area contributed by atoms with Gasteiger partial charge in [0.15, 0.2) is 12.4 Å². The molecule has 1 aliphatic rings. The van der Waals surface area contributed by atoms with E-state index in [1.807, 2.05) is 0 Å². The zero-order valence-electron chi connectivity index (χ0n) is 22.6. The minimum atomic E-state index is -1.64. The number of Topliss-reactive ketones (excluding diaryl/α,β-unsaturated/α-hetero) is 1. The Kier molecular flexibility index (Phi) is 12.1. The normalized spacial score (nSPS) is 17.6. The zero-order chi connectivity index (χ0) is 30.9. The molecule has 41 heavy (non-hydrogen) atoms. The van der Waals surface area contributed by atoms with Crippen molar-refractivity contribution in [1.29, 1.82) is 0 Å². The minimum absolute atomic E-state index is 0.0106. The molecule has 13 nitrogen and oxygen atoms in total. The second kappa shape index (κ2) is 14.8. The Morgan fingerprint density at radius 2 is 1.68 bits per heavy atom. The number of amides is 2. The minimum Gasteiger partial charge on any atom is -0.481 e. The van der Waals surface area contributed by atoms with Gasteiger partial charge in [-0.3, -0.25) is 24.0 Å². The molecule has 15 heteroatoms. The summed E-state index contributed by atoms with van der Waals surface area (Å²) < 4.78 is 4.97. The fraction of sp³-hybridized carbons (Fsp3) is 0.500. The predicted molar refractivity (Wildman–Crippen MR) is 146 cm³/mol. The molecule has 0 saturated carbocycles. The van der Waals surface area contributed by atoms with Gasteiger partial charge in [0.2, 0.25) is 11.5 Å². The van der Waals surface area contributed by atoms with Crippen molar-refractivity contribution in [2.45, 2.75) is 70.6 Å². The highest BCUT2D eigenvalue weighted by Gasteiger charge is 2.45. The van der Waals surface area contributed by atoms with Gasteiger partial charge < -0.3 is 30.4 Å². The van der Waals surface area contributed by atoms with Gasteiger partial charge in [-0.1, -0.05) is 48.3 Å². The number of halogens is 2. The van der Waals surface area contributed by atoms with Crippen LogP contribution in [-0.2, 0) is 33.5 Å². The third-order valence-corrected chi connectivity index (χ3v) is 6.71. The van der Waals surface area contributed by atoms with E-state index in [-0.39, 0.29) is 47.2 Å². The molecule has 0 aromatic heterocycles. The summed E-state index contributed by atoms with van der Waals surface area (Å²) in [5.74, 6) is -5.76. The number of benzene rings is 1. The van der Waals surface area contributed by atoms with Crippen LogP contribution in [0.15, 0.2) is 23.4 Å². The van der Waals surface area contributed by atoms with Gasteiger partial charge in [0.1, 0.15) is 6.04 Å². The van der Waals surface area contributed by atoms with Crippen molar-refractivity contribution < 1.29 is 48.6 Å². The van der Waals surface area contributed by atoms with Crippen molar-refractivity contribution >= 4 is 64.4 Å². The smallest absolute Gasteiger partial charge is 0.341 e. The van der Waals surface area contributed by atoms with Crippen molar-refractivity contribution in [3.05, 3.63) is 33.8 Å². The molecule has 0 radical (unpaired) electrons. The lowest BCUT2D eigenvalue weighted by Crippen LogP contribution is -2.53. The fourth-order valence-electron chi connectivity index (χ4n) is 3.87. The monoisotopic (exact) mass is 615 g/mol. The summed E-state index contributed by atoms with van der Waals surface area (Å²) in [4.78, 5) is 78.1. The Morgan fingerprint density at radius 3 is 2.24 bits per heavy atom. The van der Waals surface area contributed by atoms with Crippen LogP contribution in [0, 0.1) is 5.92 Å². The summed E-state index contributed by atoms with van der Waals surface area (Å²) in [7, 11) is 0. The fourth-order valence-corrected chi connectivity index (χ4v) is 4.42. The first-order valence-corrected chi connectivity index (χ1v) is 13.3. The Balaban J connectivity index is 2.05. The maximum Gasteiger partial charge on any atom is 0.341 e. The summed E-state index contributed by atoms with van der Waals surface area (Å²) in [6.45, 7) is 4.12. The highest BCUT2D eigenvalue weighted by Crippen LogP contribution is 2.28. The molecule has 1 aliphatic heterocycles. The van der Waals surface area contributed by atoms with Gasteiger partial charge in [0, 0.05) is 19.3 Å². The van der Waals surface area contributed by atoms with Crippen LogP contribution in [0.4, 0.5) is 0 Å². The van der Waals surface area contributed by atoms with Crippen molar-refractivity contribution in [1.82, 2.24) is 10.6 Å². The third-order valence-electron chi connectivity index (χ3n) is 6.08. The van der Waals surface area contributed by atoms with E-state index in [1.165, 1.54) is 25.1 Å². The summed E-state index contributed by atoms with van der Waals surface area (Å²) in [6, 6.07) is 2.09. The summed E-state index contributed by atoms with van der Waals surface area (Å²) in [6.07, 6.45) is -0.932. The molecule has 3 atom stereocenters. The first-order chi connectivity index (χ1) is 19.1. The average Bonchev–Trinajstić information content (AvgIpc) is 3.27. The molecule has 0 bridgehead atoms. The Morgan fingerprint density at radius 1 is 1.05 bits per heavy atom. The number of carbonyl (C=O) groups is 6. The molecular formula is C26H31Cl2N3O10. The standard InChI is InChI=1S/C26H31Cl2N3O10/c1-13(2)23(30-19(33)8-5-9-20(34)35)17-11-26(3,41-31-17)25(39)29-16(10-21(36)37)18(32)12-40-24(38)22-14(27)6-4-7-15(22)28/h4,6-7,13,16,23H,5,8-12H2,1-3H3,(H,29,39)(H,30,33)(H,34,35)(H,36,37)/t16-,23-,26?/m0/s1. The molecule has 224 valence electrons. The second-order valence-corrected chi connectivity index (χ2v) is 10.7. The number of esters is 1. The molecule has 1 aromatic carbocycles. The largest absolute Gasteiger partial charge is 0.481 e. The summed E-state index contributed by atoms with van der Waals surface area (Å²) in [5.41, 5.74) is -1.49. The van der Waals surface area contributed by atoms with Crippen LogP contribution in [0.25, 0.3) is 0 Å². The Labute approximate surface area is 245 Å². The van der Waals surface area contributed by atoms with Crippen LogP contribution in [0.3, 0.4) is 0 Å². The number of ketones is 1. The zero-order valence-corrected chi connectivity index (χ0v) is 24.1. The van der Waals surface area contributed by atoms with E-state index >= 15 is 0 Å². The maximum absolute atomic E-state index is 13.1. The molecule has 0 fully saturated rings. The Hall–Kier alpha value is -3.71. The lowest BCUT2D eigenvalue weighted by atomic mass is 9.90. The number of rotatable bonds is 15. The molecule has 4 N–H and O–H groups in total. The summed E-state index contributed by atoms with van der Waals surface area (Å²) >= 11 is 11.9. The van der Waals surface area contributed by atoms with Crippen LogP contribution in [-0.4, -0.2) is 75.7 Å². The molecule has 0 aliphatic carbocycles. The van der Waals surface area contributed by atoms with E-state index in [0.29, 0.717) is 5.71 Å². The number of oxime groups is 1. The van der Waals surface area contributed by atoms with Crippen molar-refractivity contribution in [3.63, 3.8) is 0 Å². The molecule has 0 saturated heterocycles. The highest BCUT2D eigenvalue weighted by molar-refractivity contribution is 6.39. The molecule has 2 rings (SSSR count). The topological polar surface area (TPSA) is 198 Å². The van der Waals surface area contributed by atoms with E-state index in [1.54, 1.807) is 13.8 Å². The second-order valence-electron chi connectivity index (χ2n) is 9.88. The number of carbonyl (C=O) groups excluding carboxylic acids is 4. The van der Waals surface area contributed by atoms with Crippen LogP contribution in [0.5, 0.6) is 0 Å². The first-order valence-electron chi connectivity index (χ1n) is 12.6. The van der Waals surface area contributed by atoms with Crippen molar-refractivity contribution in [2.24, 2.45) is 11.1 Å². The van der Waals surface area contributed by atoms with Crippen LogP contribution < -0.4 is 10.6 Å². The Bertz CT molecular complexity index is 1220.